The number of thioether (sulfide) groups is 1. The van der Waals surface area contributed by atoms with E-state index in [-0.39, 0.29) is 0 Å². The van der Waals surface area contributed by atoms with Gasteiger partial charge in [0.1, 0.15) is 11.9 Å². The van der Waals surface area contributed by atoms with Gasteiger partial charge in [0.05, 0.1) is 6.26 Å². The van der Waals surface area contributed by atoms with Crippen molar-refractivity contribution >= 4 is 11.8 Å². The van der Waals surface area contributed by atoms with Crippen LogP contribution >= 0.6 is 11.8 Å². The molecule has 4 heteroatoms. The SMILES string of the molecule is CSCCCCNCC(O)c1ccco1. The molecule has 86 valence electrons. The van der Waals surface area contributed by atoms with Crippen LogP contribution in [-0.4, -0.2) is 30.2 Å². The zero-order valence-electron chi connectivity index (χ0n) is 9.11. The van der Waals surface area contributed by atoms with Crippen molar-refractivity contribution in [3.05, 3.63) is 24.2 Å². The molecule has 0 radical (unpaired) electrons. The van der Waals surface area contributed by atoms with Crippen molar-refractivity contribution in [2.24, 2.45) is 0 Å². The lowest BCUT2D eigenvalue weighted by atomic mass is 10.2. The Morgan fingerprint density at radius 2 is 2.40 bits per heavy atom. The highest BCUT2D eigenvalue weighted by Gasteiger charge is 2.08. The van der Waals surface area contributed by atoms with Crippen molar-refractivity contribution in [2.75, 3.05) is 25.1 Å². The van der Waals surface area contributed by atoms with Crippen LogP contribution in [0.2, 0.25) is 0 Å². The fourth-order valence-electron chi connectivity index (χ4n) is 1.32. The Labute approximate surface area is 95.2 Å². The largest absolute Gasteiger partial charge is 0.467 e. The highest BCUT2D eigenvalue weighted by molar-refractivity contribution is 7.98. The van der Waals surface area contributed by atoms with E-state index in [1.54, 1.807) is 18.4 Å². The minimum Gasteiger partial charge on any atom is -0.467 e. The number of rotatable bonds is 8. The zero-order valence-corrected chi connectivity index (χ0v) is 9.93. The van der Waals surface area contributed by atoms with Gasteiger partial charge in [-0.05, 0) is 43.5 Å². The lowest BCUT2D eigenvalue weighted by Crippen LogP contribution is -2.22. The van der Waals surface area contributed by atoms with Gasteiger partial charge in [-0.3, -0.25) is 0 Å². The van der Waals surface area contributed by atoms with E-state index in [0.29, 0.717) is 12.3 Å². The van der Waals surface area contributed by atoms with E-state index in [2.05, 4.69) is 11.6 Å². The topological polar surface area (TPSA) is 45.4 Å². The summed E-state index contributed by atoms with van der Waals surface area (Å²) in [5.41, 5.74) is 0. The molecule has 0 saturated carbocycles. The van der Waals surface area contributed by atoms with Crippen LogP contribution in [0.4, 0.5) is 0 Å². The lowest BCUT2D eigenvalue weighted by molar-refractivity contribution is 0.147. The molecule has 0 bridgehead atoms. The minimum absolute atomic E-state index is 0.527. The Morgan fingerprint density at radius 1 is 1.53 bits per heavy atom. The molecule has 15 heavy (non-hydrogen) atoms. The third-order valence-corrected chi connectivity index (χ3v) is 2.86. The molecule has 1 rings (SSSR count). The molecule has 0 aromatic carbocycles. The molecule has 0 spiro atoms. The van der Waals surface area contributed by atoms with Crippen molar-refractivity contribution in [3.63, 3.8) is 0 Å². The molecule has 3 nitrogen and oxygen atoms in total. The number of hydrogen-bond acceptors (Lipinski definition) is 4. The van der Waals surface area contributed by atoms with Gasteiger partial charge >= 0.3 is 0 Å². The van der Waals surface area contributed by atoms with Gasteiger partial charge in [0.15, 0.2) is 0 Å². The third kappa shape index (κ3) is 5.25. The normalized spacial score (nSPS) is 12.9. The van der Waals surface area contributed by atoms with Crippen LogP contribution in [0.3, 0.4) is 0 Å². The summed E-state index contributed by atoms with van der Waals surface area (Å²) in [4.78, 5) is 0. The Bertz CT molecular complexity index is 239. The van der Waals surface area contributed by atoms with Gasteiger partial charge in [-0.1, -0.05) is 0 Å². The van der Waals surface area contributed by atoms with Gasteiger partial charge < -0.3 is 14.8 Å². The van der Waals surface area contributed by atoms with Gasteiger partial charge in [0, 0.05) is 6.54 Å². The molecule has 0 saturated heterocycles. The number of nitrogens with one attached hydrogen (secondary N) is 1. The van der Waals surface area contributed by atoms with Crippen molar-refractivity contribution in [3.8, 4) is 0 Å². The van der Waals surface area contributed by atoms with E-state index in [1.807, 2.05) is 11.8 Å². The maximum atomic E-state index is 9.65. The maximum Gasteiger partial charge on any atom is 0.133 e. The summed E-state index contributed by atoms with van der Waals surface area (Å²) in [6, 6.07) is 3.58. The van der Waals surface area contributed by atoms with Crippen LogP contribution in [0.15, 0.2) is 22.8 Å². The minimum atomic E-state index is -0.527. The first kappa shape index (κ1) is 12.6. The predicted octanol–water partition coefficient (Wildman–Crippen LogP) is 2.05. The monoisotopic (exact) mass is 229 g/mol. The first-order valence-corrected chi connectivity index (χ1v) is 6.65. The van der Waals surface area contributed by atoms with Crippen molar-refractivity contribution < 1.29 is 9.52 Å². The van der Waals surface area contributed by atoms with Crippen molar-refractivity contribution in [1.29, 1.82) is 0 Å². The van der Waals surface area contributed by atoms with Gasteiger partial charge in [0.2, 0.25) is 0 Å². The molecule has 0 aliphatic heterocycles. The molecule has 1 aromatic rings. The quantitative estimate of drug-likeness (QED) is 0.670. The number of unbranched alkanes of at least 4 members (excludes halogenated alkanes) is 1. The second kappa shape index (κ2) is 7.79. The summed E-state index contributed by atoms with van der Waals surface area (Å²) in [6.07, 6.45) is 5.56. The zero-order chi connectivity index (χ0) is 10.9. The van der Waals surface area contributed by atoms with E-state index in [0.717, 1.165) is 13.0 Å². The van der Waals surface area contributed by atoms with E-state index in [1.165, 1.54) is 12.2 Å². The predicted molar refractivity (Wildman–Crippen MR) is 64.2 cm³/mol. The van der Waals surface area contributed by atoms with Crippen LogP contribution in [-0.2, 0) is 0 Å². The first-order valence-electron chi connectivity index (χ1n) is 5.25. The smallest absolute Gasteiger partial charge is 0.133 e. The van der Waals surface area contributed by atoms with Crippen LogP contribution in [0.5, 0.6) is 0 Å². The Morgan fingerprint density at radius 3 is 3.07 bits per heavy atom. The summed E-state index contributed by atoms with van der Waals surface area (Å²) in [6.45, 7) is 1.52. The molecule has 2 N–H and O–H groups in total. The summed E-state index contributed by atoms with van der Waals surface area (Å²) >= 11 is 1.87. The van der Waals surface area contributed by atoms with E-state index in [9.17, 15) is 5.11 Å². The van der Waals surface area contributed by atoms with Crippen molar-refractivity contribution in [1.82, 2.24) is 5.32 Å². The number of aliphatic hydroxyl groups excluding tert-OH is 1. The summed E-state index contributed by atoms with van der Waals surface area (Å²) in [7, 11) is 0. The van der Waals surface area contributed by atoms with E-state index >= 15 is 0 Å². The molecule has 1 heterocycles. The molecular weight excluding hydrogens is 210 g/mol. The number of furan rings is 1. The summed E-state index contributed by atoms with van der Waals surface area (Å²) in [5.74, 6) is 1.84. The van der Waals surface area contributed by atoms with Crippen molar-refractivity contribution in [2.45, 2.75) is 18.9 Å². The van der Waals surface area contributed by atoms with Crippen LogP contribution in [0.25, 0.3) is 0 Å². The maximum absolute atomic E-state index is 9.65. The molecular formula is C11H19NO2S. The summed E-state index contributed by atoms with van der Waals surface area (Å²) in [5, 5.41) is 12.9. The fourth-order valence-corrected chi connectivity index (χ4v) is 1.81. The average molecular weight is 229 g/mol. The van der Waals surface area contributed by atoms with Crippen LogP contribution < -0.4 is 5.32 Å². The molecule has 1 aromatic heterocycles. The standard InChI is InChI=1S/C11H19NO2S/c1-15-8-3-2-6-12-9-10(13)11-5-4-7-14-11/h4-5,7,10,12-13H,2-3,6,8-9H2,1H3. The third-order valence-electron chi connectivity index (χ3n) is 2.16. The molecule has 1 atom stereocenters. The van der Waals surface area contributed by atoms with E-state index < -0.39 is 6.10 Å². The van der Waals surface area contributed by atoms with Crippen LogP contribution in [0, 0.1) is 0 Å². The summed E-state index contributed by atoms with van der Waals surface area (Å²) < 4.78 is 5.10. The van der Waals surface area contributed by atoms with Gasteiger partial charge in [0.25, 0.3) is 0 Å². The molecule has 1 unspecified atom stereocenters. The van der Waals surface area contributed by atoms with Gasteiger partial charge in [-0.2, -0.15) is 11.8 Å². The van der Waals surface area contributed by atoms with Gasteiger partial charge in [-0.15, -0.1) is 0 Å². The molecule has 0 aliphatic rings. The fraction of sp³-hybridized carbons (Fsp3) is 0.636. The second-order valence-electron chi connectivity index (χ2n) is 3.44. The first-order chi connectivity index (χ1) is 7.34. The second-order valence-corrected chi connectivity index (χ2v) is 4.42. The molecule has 0 amide bonds. The Hall–Kier alpha value is -0.450. The highest BCUT2D eigenvalue weighted by atomic mass is 32.2. The van der Waals surface area contributed by atoms with Crippen LogP contribution in [0.1, 0.15) is 24.7 Å². The Kier molecular flexibility index (Phi) is 6.55. The number of aliphatic hydroxyl groups is 1. The molecule has 0 fully saturated rings. The van der Waals surface area contributed by atoms with Gasteiger partial charge in [-0.25, -0.2) is 0 Å². The average Bonchev–Trinajstić information content (AvgIpc) is 2.76. The molecule has 0 aliphatic carbocycles. The lowest BCUT2D eigenvalue weighted by Gasteiger charge is -2.08. The number of hydrogen-bond donors (Lipinski definition) is 2. The van der Waals surface area contributed by atoms with E-state index in [4.69, 9.17) is 4.42 Å². The highest BCUT2D eigenvalue weighted by Crippen LogP contribution is 2.11. The Balaban J connectivity index is 2.00.